The van der Waals surface area contributed by atoms with Crippen LogP contribution in [0.15, 0.2) is 0 Å². The molecule has 0 aliphatic heterocycles. The molecule has 3 heteroatoms. The molecular weight excluding hydrogens is 312 g/mol. The standard InChI is InChI=1S/C22H34O3/c1-12-20-16-4-3-15-13(14(16)8-10-22(12,20)25)7-9-21(2)17(15)5-6-18(21)19(24)11-23/h12-18,20,23,25H,3-11H2,1-2H3/t12?,13-,14-,15-,16+,17+,18-,20?,21+,22+/m1/s1. The summed E-state index contributed by atoms with van der Waals surface area (Å²) < 4.78 is 0. The van der Waals surface area contributed by atoms with Gasteiger partial charge < -0.3 is 10.2 Å². The van der Waals surface area contributed by atoms with Crippen molar-refractivity contribution in [1.29, 1.82) is 0 Å². The van der Waals surface area contributed by atoms with Gasteiger partial charge in [-0.05, 0) is 98.2 Å². The number of hydrogen-bond acceptors (Lipinski definition) is 3. The third-order valence-corrected chi connectivity index (χ3v) is 10.1. The normalized spacial score (nSPS) is 59.4. The van der Waals surface area contributed by atoms with E-state index in [2.05, 4.69) is 13.8 Å². The van der Waals surface area contributed by atoms with Crippen molar-refractivity contribution >= 4 is 5.78 Å². The molecule has 0 amide bonds. The molecular formula is C22H34O3. The molecule has 5 aliphatic carbocycles. The lowest BCUT2D eigenvalue weighted by atomic mass is 9.49. The van der Waals surface area contributed by atoms with Crippen LogP contribution in [-0.2, 0) is 4.79 Å². The zero-order valence-corrected chi connectivity index (χ0v) is 15.8. The molecule has 5 saturated carbocycles. The third-order valence-electron chi connectivity index (χ3n) is 10.1. The predicted octanol–water partition coefficient (Wildman–Crippen LogP) is 3.42. The number of carbonyl (C=O) groups excluding carboxylic acids is 1. The van der Waals surface area contributed by atoms with Crippen molar-refractivity contribution in [1.82, 2.24) is 0 Å². The van der Waals surface area contributed by atoms with E-state index in [0.717, 1.165) is 36.5 Å². The summed E-state index contributed by atoms with van der Waals surface area (Å²) in [5.74, 6) is 5.17. The highest BCUT2D eigenvalue weighted by molar-refractivity contribution is 5.83. The summed E-state index contributed by atoms with van der Waals surface area (Å²) in [6.07, 6.45) is 9.49. The number of Topliss-reactive ketones (excluding diaryl/α,β-unsaturated/α-hetero) is 1. The molecule has 0 saturated heterocycles. The molecule has 0 aromatic heterocycles. The van der Waals surface area contributed by atoms with Gasteiger partial charge in [0, 0.05) is 5.92 Å². The molecule has 0 bridgehead atoms. The van der Waals surface area contributed by atoms with Crippen molar-refractivity contribution < 1.29 is 15.0 Å². The van der Waals surface area contributed by atoms with Gasteiger partial charge in [-0.3, -0.25) is 4.79 Å². The largest absolute Gasteiger partial charge is 0.389 e. The van der Waals surface area contributed by atoms with Crippen LogP contribution in [0, 0.1) is 52.8 Å². The van der Waals surface area contributed by atoms with Gasteiger partial charge in [0.05, 0.1) is 5.60 Å². The Kier molecular flexibility index (Phi) is 3.56. The van der Waals surface area contributed by atoms with Crippen LogP contribution in [0.5, 0.6) is 0 Å². The fourth-order valence-corrected chi connectivity index (χ4v) is 8.87. The highest BCUT2D eigenvalue weighted by Crippen LogP contribution is 2.70. The fourth-order valence-electron chi connectivity index (χ4n) is 8.87. The first kappa shape index (κ1) is 16.7. The van der Waals surface area contributed by atoms with Crippen LogP contribution in [0.1, 0.15) is 65.2 Å². The molecule has 5 fully saturated rings. The van der Waals surface area contributed by atoms with Gasteiger partial charge >= 0.3 is 0 Å². The van der Waals surface area contributed by atoms with Crippen molar-refractivity contribution in [2.24, 2.45) is 52.8 Å². The SMILES string of the molecule is CC1C2[C@H]3CC[C@@H]4[C@H](CC[C@]5(C)[C@@H](C(=O)CO)CC[C@@H]45)[C@H]3CC[C@]12O. The molecule has 5 aliphatic rings. The van der Waals surface area contributed by atoms with E-state index in [4.69, 9.17) is 0 Å². The Morgan fingerprint density at radius 3 is 2.40 bits per heavy atom. The maximum absolute atomic E-state index is 12.3. The number of rotatable bonds is 2. The molecule has 2 N–H and O–H groups in total. The number of carbonyl (C=O) groups is 1. The number of ketones is 1. The van der Waals surface area contributed by atoms with E-state index >= 15 is 0 Å². The van der Waals surface area contributed by atoms with Crippen LogP contribution in [0.4, 0.5) is 0 Å². The lowest BCUT2D eigenvalue weighted by molar-refractivity contribution is -0.133. The minimum Gasteiger partial charge on any atom is -0.389 e. The lowest BCUT2D eigenvalue weighted by Crippen LogP contribution is -2.50. The second kappa shape index (κ2) is 5.32. The minimum atomic E-state index is -0.316. The van der Waals surface area contributed by atoms with Crippen molar-refractivity contribution in [2.75, 3.05) is 6.61 Å². The second-order valence-electron chi connectivity index (χ2n) is 10.5. The Balaban J connectivity index is 1.39. The van der Waals surface area contributed by atoms with E-state index < -0.39 is 0 Å². The van der Waals surface area contributed by atoms with E-state index in [0.29, 0.717) is 17.8 Å². The van der Waals surface area contributed by atoms with Crippen LogP contribution in [0.2, 0.25) is 0 Å². The van der Waals surface area contributed by atoms with Gasteiger partial charge in [0.15, 0.2) is 5.78 Å². The Hall–Kier alpha value is -0.410. The summed E-state index contributed by atoms with van der Waals surface area (Å²) in [7, 11) is 0. The lowest BCUT2D eigenvalue weighted by Gasteiger charge is -2.55. The third kappa shape index (κ3) is 2.03. The first-order valence-corrected chi connectivity index (χ1v) is 10.8. The van der Waals surface area contributed by atoms with E-state index in [-0.39, 0.29) is 29.3 Å². The van der Waals surface area contributed by atoms with E-state index in [1.807, 2.05) is 0 Å². The molecule has 0 aromatic carbocycles. The summed E-state index contributed by atoms with van der Waals surface area (Å²) >= 11 is 0. The fraction of sp³-hybridized carbons (Fsp3) is 0.955. The van der Waals surface area contributed by atoms with Gasteiger partial charge in [-0.15, -0.1) is 0 Å². The molecule has 10 atom stereocenters. The second-order valence-corrected chi connectivity index (χ2v) is 10.5. The Morgan fingerprint density at radius 1 is 0.960 bits per heavy atom. The Morgan fingerprint density at radius 2 is 1.64 bits per heavy atom. The highest BCUT2D eigenvalue weighted by atomic mass is 16.3. The maximum Gasteiger partial charge on any atom is 0.161 e. The predicted molar refractivity (Wildman–Crippen MR) is 95.7 cm³/mol. The smallest absolute Gasteiger partial charge is 0.161 e. The summed E-state index contributed by atoms with van der Waals surface area (Å²) in [6, 6.07) is 0. The van der Waals surface area contributed by atoms with Crippen molar-refractivity contribution in [3.63, 3.8) is 0 Å². The first-order chi connectivity index (χ1) is 11.9. The van der Waals surface area contributed by atoms with E-state index in [9.17, 15) is 15.0 Å². The van der Waals surface area contributed by atoms with Gasteiger partial charge in [0.2, 0.25) is 0 Å². The van der Waals surface area contributed by atoms with E-state index in [1.165, 1.54) is 38.5 Å². The summed E-state index contributed by atoms with van der Waals surface area (Å²) in [6.45, 7) is 4.34. The molecule has 140 valence electrons. The number of fused-ring (bicyclic) bond motifs is 7. The molecule has 25 heavy (non-hydrogen) atoms. The van der Waals surface area contributed by atoms with E-state index in [1.54, 1.807) is 0 Å². The van der Waals surface area contributed by atoms with Gasteiger partial charge in [0.1, 0.15) is 6.61 Å². The topological polar surface area (TPSA) is 57.5 Å². The van der Waals surface area contributed by atoms with Crippen molar-refractivity contribution in [2.45, 2.75) is 70.8 Å². The molecule has 0 spiro atoms. The molecule has 0 heterocycles. The molecule has 5 rings (SSSR count). The van der Waals surface area contributed by atoms with Gasteiger partial charge in [0.25, 0.3) is 0 Å². The van der Waals surface area contributed by atoms with Gasteiger partial charge in [-0.2, -0.15) is 0 Å². The molecule has 0 aromatic rings. The minimum absolute atomic E-state index is 0.0895. The first-order valence-electron chi connectivity index (χ1n) is 10.8. The van der Waals surface area contributed by atoms with Crippen molar-refractivity contribution in [3.05, 3.63) is 0 Å². The Bertz CT molecular complexity index is 588. The summed E-state index contributed by atoms with van der Waals surface area (Å²) in [4.78, 5) is 12.3. The van der Waals surface area contributed by atoms with Gasteiger partial charge in [-0.25, -0.2) is 0 Å². The highest BCUT2D eigenvalue weighted by Gasteiger charge is 2.69. The van der Waals surface area contributed by atoms with Crippen LogP contribution in [0.25, 0.3) is 0 Å². The van der Waals surface area contributed by atoms with Crippen molar-refractivity contribution in [3.8, 4) is 0 Å². The monoisotopic (exact) mass is 346 g/mol. The summed E-state index contributed by atoms with van der Waals surface area (Å²) in [5, 5.41) is 20.2. The number of hydrogen-bond donors (Lipinski definition) is 2. The van der Waals surface area contributed by atoms with Crippen LogP contribution >= 0.6 is 0 Å². The number of aliphatic hydroxyl groups is 2. The van der Waals surface area contributed by atoms with Crippen LogP contribution < -0.4 is 0 Å². The molecule has 2 unspecified atom stereocenters. The maximum atomic E-state index is 12.3. The quantitative estimate of drug-likeness (QED) is 0.805. The van der Waals surface area contributed by atoms with Crippen LogP contribution in [0.3, 0.4) is 0 Å². The molecule has 3 nitrogen and oxygen atoms in total. The zero-order valence-electron chi connectivity index (χ0n) is 15.8. The molecule has 0 radical (unpaired) electrons. The Labute approximate surface area is 151 Å². The summed E-state index contributed by atoms with van der Waals surface area (Å²) in [5.41, 5.74) is -0.181. The average molecular weight is 347 g/mol. The average Bonchev–Trinajstić information content (AvgIpc) is 2.98. The zero-order chi connectivity index (χ0) is 17.6. The van der Waals surface area contributed by atoms with Gasteiger partial charge in [-0.1, -0.05) is 13.8 Å². The van der Waals surface area contributed by atoms with Crippen LogP contribution in [-0.4, -0.2) is 28.2 Å². The number of aliphatic hydroxyl groups excluding tert-OH is 1.